The molecule has 0 radical (unpaired) electrons. The van der Waals surface area contributed by atoms with Crippen LogP contribution in [0.2, 0.25) is 36.3 Å². The summed E-state index contributed by atoms with van der Waals surface area (Å²) in [7, 11) is -2.98. The van der Waals surface area contributed by atoms with Gasteiger partial charge in [0.25, 0.3) is 0 Å². The summed E-state index contributed by atoms with van der Waals surface area (Å²) in [4.78, 5) is 14.1. The molecule has 57 heavy (non-hydrogen) atoms. The van der Waals surface area contributed by atoms with Crippen LogP contribution in [0.3, 0.4) is 0 Å². The molecule has 0 spiro atoms. The molecular weight excluding hydrogens is 913 g/mol. The molecular formula is C41H73IO11P2Si2. The number of methoxy groups -OCH3 is 1. The Kier molecular flexibility index (Phi) is 18.1. The molecule has 0 N–H and O–H groups in total. The van der Waals surface area contributed by atoms with E-state index in [1.807, 2.05) is 13.8 Å². The molecule has 11 nitrogen and oxygen atoms in total. The van der Waals surface area contributed by atoms with Crippen LogP contribution in [0.4, 0.5) is 0 Å². The fourth-order valence-electron chi connectivity index (χ4n) is 8.14. The molecule has 15 atom stereocenters. The maximum absolute atomic E-state index is 14.1. The molecule has 0 amide bonds. The van der Waals surface area contributed by atoms with Crippen molar-refractivity contribution < 1.29 is 51.2 Å². The van der Waals surface area contributed by atoms with Crippen molar-refractivity contribution in [2.24, 2.45) is 11.8 Å². The molecule has 0 aromatic heterocycles. The summed E-state index contributed by atoms with van der Waals surface area (Å²) in [5, 5.41) is -0.0836. The first-order chi connectivity index (χ1) is 26.5. The highest BCUT2D eigenvalue weighted by Crippen LogP contribution is 2.47. The molecule has 0 aliphatic carbocycles. The molecule has 4 rings (SSSR count). The van der Waals surface area contributed by atoms with Crippen LogP contribution >= 0.6 is 39.5 Å². The number of rotatable bonds is 16. The van der Waals surface area contributed by atoms with E-state index in [0.29, 0.717) is 31.8 Å². The minimum atomic E-state index is -2.35. The van der Waals surface area contributed by atoms with Crippen LogP contribution < -0.4 is 0 Å². The van der Waals surface area contributed by atoms with Crippen molar-refractivity contribution in [3.63, 3.8) is 0 Å². The van der Waals surface area contributed by atoms with E-state index < -0.39 is 41.1 Å². The molecule has 0 saturated carbocycles. The number of fused-ring (bicyclic) bond motifs is 2. The third kappa shape index (κ3) is 12.3. The Balaban J connectivity index is 1.60. The van der Waals surface area contributed by atoms with E-state index in [1.54, 1.807) is 7.11 Å². The summed E-state index contributed by atoms with van der Waals surface area (Å²) in [5.41, 5.74) is -0.256. The quantitative estimate of drug-likeness (QED) is 0.0635. The first-order valence-electron chi connectivity index (χ1n) is 21.1. The van der Waals surface area contributed by atoms with Crippen molar-refractivity contribution in [2.45, 2.75) is 216 Å². The Labute approximate surface area is 362 Å². The van der Waals surface area contributed by atoms with Gasteiger partial charge in [0.2, 0.25) is 0 Å². The number of esters is 1. The van der Waals surface area contributed by atoms with E-state index in [-0.39, 0.29) is 106 Å². The van der Waals surface area contributed by atoms with Crippen LogP contribution in [0.25, 0.3) is 0 Å². The second-order valence-electron chi connectivity index (χ2n) is 20.0. The minimum absolute atomic E-state index is 0.0158. The van der Waals surface area contributed by atoms with Crippen LogP contribution in [0.1, 0.15) is 101 Å². The van der Waals surface area contributed by atoms with Crippen molar-refractivity contribution in [3.05, 3.63) is 10.2 Å². The van der Waals surface area contributed by atoms with Gasteiger partial charge in [-0.05, 0) is 73.0 Å². The van der Waals surface area contributed by atoms with E-state index in [2.05, 4.69) is 107 Å². The normalized spacial score (nSPS) is 36.8. The lowest BCUT2D eigenvalue weighted by atomic mass is 9.82. The molecule has 4 fully saturated rings. The molecule has 4 aliphatic heterocycles. The standard InChI is InChI=1S/C41H73IO11P2Si2/c1-24(17-19-42)34-38(52-56(11,12)40(4,5)6)39(53-57(13,14)41(7,8)9)37-29(50-34)16-15-27(47-37)22-33(43)51-36-26(3)35-31(48-30(36)21-25(2)46-10)23-32(55-45)28(49-35)18-20-54-44/h17,19,24-32,34-39H,15-16,18,20-23H2,1-14H3/b19-17+/t24-,25?,26-,27?,28+,29-,30-,31-,32+,34-,35-,36+,37-,38+,39-/m0/s1. The molecule has 4 heterocycles. The van der Waals surface area contributed by atoms with Crippen molar-refractivity contribution >= 4 is 62.1 Å². The Bertz CT molecular complexity index is 1380. The Hall–Kier alpha value is 0.294. The lowest BCUT2D eigenvalue weighted by Gasteiger charge is -2.55. The molecule has 0 bridgehead atoms. The van der Waals surface area contributed by atoms with Gasteiger partial charge in [0, 0.05) is 31.5 Å². The molecule has 4 aliphatic rings. The third-order valence-electron chi connectivity index (χ3n) is 13.8. The van der Waals surface area contributed by atoms with Gasteiger partial charge in [-0.15, -0.1) is 0 Å². The predicted octanol–water partition coefficient (Wildman–Crippen LogP) is 10.3. The summed E-state index contributed by atoms with van der Waals surface area (Å²) in [6.45, 7) is 28.9. The van der Waals surface area contributed by atoms with Gasteiger partial charge in [-0.3, -0.25) is 13.9 Å². The fourth-order valence-corrected chi connectivity index (χ4v) is 12.4. The van der Waals surface area contributed by atoms with Crippen molar-refractivity contribution in [1.29, 1.82) is 0 Å². The summed E-state index contributed by atoms with van der Waals surface area (Å²) in [6, 6.07) is 0. The molecule has 0 aromatic carbocycles. The highest BCUT2D eigenvalue weighted by Gasteiger charge is 2.57. The van der Waals surface area contributed by atoms with Gasteiger partial charge in [-0.2, -0.15) is 0 Å². The van der Waals surface area contributed by atoms with Gasteiger partial charge in [0.15, 0.2) is 33.6 Å². The van der Waals surface area contributed by atoms with Crippen LogP contribution in [0.15, 0.2) is 10.2 Å². The number of carbonyl (C=O) groups excluding carboxylic acids is 1. The second kappa shape index (κ2) is 20.7. The molecule has 2 unspecified atom stereocenters. The average Bonchev–Trinajstić information content (AvgIpc) is 3.11. The number of carbonyl (C=O) groups is 1. The van der Waals surface area contributed by atoms with Crippen molar-refractivity contribution in [3.8, 4) is 0 Å². The lowest BCUT2D eigenvalue weighted by molar-refractivity contribution is -0.265. The van der Waals surface area contributed by atoms with E-state index in [9.17, 15) is 13.9 Å². The van der Waals surface area contributed by atoms with Crippen LogP contribution in [0, 0.1) is 11.8 Å². The van der Waals surface area contributed by atoms with Gasteiger partial charge < -0.3 is 37.3 Å². The fraction of sp³-hybridized carbons (Fsp3) is 0.927. The van der Waals surface area contributed by atoms with E-state index in [1.165, 1.54) is 0 Å². The summed E-state index contributed by atoms with van der Waals surface area (Å²) >= 11 is 2.28. The lowest BCUT2D eigenvalue weighted by Crippen LogP contribution is -2.67. The van der Waals surface area contributed by atoms with Gasteiger partial charge in [-0.25, -0.2) is 0 Å². The number of ether oxygens (including phenoxy) is 6. The van der Waals surface area contributed by atoms with Crippen molar-refractivity contribution in [1.82, 2.24) is 0 Å². The van der Waals surface area contributed by atoms with Gasteiger partial charge in [0.05, 0.1) is 67.0 Å². The highest BCUT2D eigenvalue weighted by molar-refractivity contribution is 14.1. The van der Waals surface area contributed by atoms with E-state index >= 15 is 0 Å². The first-order valence-corrected chi connectivity index (χ1v) is 30.0. The Morgan fingerprint density at radius 2 is 1.49 bits per heavy atom. The number of hydrogen-bond donors (Lipinski definition) is 0. The number of halogens is 1. The Morgan fingerprint density at radius 1 is 0.860 bits per heavy atom. The topological polar surface area (TPSA) is 125 Å². The zero-order chi connectivity index (χ0) is 42.7. The zero-order valence-electron chi connectivity index (χ0n) is 37.0. The van der Waals surface area contributed by atoms with Crippen LogP contribution in [-0.4, -0.2) is 115 Å². The van der Waals surface area contributed by atoms with Crippen molar-refractivity contribution in [2.75, 3.05) is 13.3 Å². The van der Waals surface area contributed by atoms with Crippen LogP contribution in [0.5, 0.6) is 0 Å². The average molecular weight is 987 g/mol. The van der Waals surface area contributed by atoms with Gasteiger partial charge >= 0.3 is 5.97 Å². The maximum atomic E-state index is 14.1. The van der Waals surface area contributed by atoms with Gasteiger partial charge in [0.1, 0.15) is 18.3 Å². The third-order valence-corrected chi connectivity index (χ3v) is 24.4. The summed E-state index contributed by atoms with van der Waals surface area (Å²) in [5.74, 6) is -0.468. The monoisotopic (exact) mass is 986 g/mol. The van der Waals surface area contributed by atoms with E-state index in [4.69, 9.17) is 37.3 Å². The zero-order valence-corrected chi connectivity index (χ0v) is 43.0. The smallest absolute Gasteiger partial charge is 0.308 e. The van der Waals surface area contributed by atoms with Gasteiger partial charge in [-0.1, -0.05) is 84.1 Å². The molecule has 16 heteroatoms. The minimum Gasteiger partial charge on any atom is -0.459 e. The van der Waals surface area contributed by atoms with E-state index in [0.717, 1.165) is 6.42 Å². The highest BCUT2D eigenvalue weighted by atomic mass is 127. The van der Waals surface area contributed by atoms with Crippen LogP contribution in [-0.2, 0) is 51.2 Å². The molecule has 4 saturated heterocycles. The Morgan fingerprint density at radius 3 is 2.05 bits per heavy atom. The summed E-state index contributed by atoms with van der Waals surface area (Å²) in [6.07, 6.45) is 1.51. The number of hydrogen-bond acceptors (Lipinski definition) is 11. The predicted molar refractivity (Wildman–Crippen MR) is 238 cm³/mol. The SMILES string of the molecule is COC(C)C[C@@H]1O[C@H]2C[C@@H](P=O)[C@@H](CCP=O)O[C@H]2[C@H](C)[C@H]1OC(=O)CC1CC[C@@H]2O[C@@H]([C@@H](C)/C=C/I)[C@@H](O[Si](C)(C)C(C)(C)C)[C@@H](O[Si](C)(C)C(C)(C)C)[C@H]2O1. The second-order valence-corrected chi connectivity index (χ2v) is 31.8. The summed E-state index contributed by atoms with van der Waals surface area (Å²) < 4.78 is 79.5. The largest absolute Gasteiger partial charge is 0.459 e. The maximum Gasteiger partial charge on any atom is 0.308 e. The first kappa shape index (κ1) is 49.9. The molecule has 0 aromatic rings. The molecule has 328 valence electrons.